The van der Waals surface area contributed by atoms with Gasteiger partial charge in [0.2, 0.25) is 0 Å². The summed E-state index contributed by atoms with van der Waals surface area (Å²) in [6, 6.07) is 28.7. The molecular formula is C33H29FN6O2. The van der Waals surface area contributed by atoms with Gasteiger partial charge >= 0.3 is 6.01 Å². The van der Waals surface area contributed by atoms with E-state index in [1.807, 2.05) is 66.1 Å². The number of nitrogens with one attached hydrogen (secondary N) is 1. The van der Waals surface area contributed by atoms with Crippen molar-refractivity contribution in [3.8, 4) is 11.8 Å². The predicted molar refractivity (Wildman–Crippen MR) is 162 cm³/mol. The predicted octanol–water partition coefficient (Wildman–Crippen LogP) is 7.10. The highest BCUT2D eigenvalue weighted by atomic mass is 19.1. The minimum Gasteiger partial charge on any atom is -0.424 e. The van der Waals surface area contributed by atoms with Crippen LogP contribution in [0.1, 0.15) is 18.5 Å². The van der Waals surface area contributed by atoms with Crippen molar-refractivity contribution in [3.63, 3.8) is 0 Å². The van der Waals surface area contributed by atoms with Gasteiger partial charge < -0.3 is 24.3 Å². The molecule has 1 aliphatic heterocycles. The lowest BCUT2D eigenvalue weighted by atomic mass is 10.1. The summed E-state index contributed by atoms with van der Waals surface area (Å²) in [5.41, 5.74) is 4.15. The molecule has 0 spiro atoms. The van der Waals surface area contributed by atoms with Crippen molar-refractivity contribution in [2.75, 3.05) is 36.5 Å². The number of aromatic nitrogens is 4. The number of anilines is 3. The van der Waals surface area contributed by atoms with Crippen molar-refractivity contribution in [1.29, 1.82) is 0 Å². The standard InChI is InChI=1S/C33H29FN6O2/c1-22(23-9-11-25(34)12-10-23)40-21-35-30-31(36-26-13-15-27(16-14-26)39-17-19-41-20-18-39)37-33(38-32(30)40)42-29-8-4-6-24-5-2-3-7-28(24)29/h2-16,21-22H,17-20H2,1H3,(H,36,37,38). The fraction of sp³-hybridized carbons (Fsp3) is 0.182. The summed E-state index contributed by atoms with van der Waals surface area (Å²) >= 11 is 0. The van der Waals surface area contributed by atoms with Crippen LogP contribution in [-0.4, -0.2) is 45.8 Å². The topological polar surface area (TPSA) is 77.3 Å². The Kier molecular flexibility index (Phi) is 6.85. The van der Waals surface area contributed by atoms with Gasteiger partial charge in [-0.2, -0.15) is 9.97 Å². The number of benzene rings is 4. The maximum atomic E-state index is 13.6. The summed E-state index contributed by atoms with van der Waals surface area (Å²) < 4.78 is 27.4. The van der Waals surface area contributed by atoms with E-state index < -0.39 is 0 Å². The Labute approximate surface area is 242 Å². The van der Waals surface area contributed by atoms with Gasteiger partial charge in [0, 0.05) is 29.9 Å². The molecule has 0 amide bonds. The molecule has 6 aromatic rings. The Balaban J connectivity index is 1.28. The zero-order valence-electron chi connectivity index (χ0n) is 23.1. The van der Waals surface area contributed by atoms with Gasteiger partial charge in [0.1, 0.15) is 11.6 Å². The molecule has 0 aliphatic carbocycles. The lowest BCUT2D eigenvalue weighted by Gasteiger charge is -2.28. The van der Waals surface area contributed by atoms with Crippen molar-refractivity contribution in [2.24, 2.45) is 0 Å². The van der Waals surface area contributed by atoms with Crippen LogP contribution in [0.5, 0.6) is 11.8 Å². The van der Waals surface area contributed by atoms with Gasteiger partial charge in [-0.15, -0.1) is 0 Å². The molecule has 42 heavy (non-hydrogen) atoms. The normalized spacial score (nSPS) is 14.3. The SMILES string of the molecule is CC(c1ccc(F)cc1)n1cnc2c(Nc3ccc(N4CCOCC4)cc3)nc(Oc3cccc4ccccc34)nc21. The van der Waals surface area contributed by atoms with Gasteiger partial charge in [0.15, 0.2) is 17.0 Å². The molecule has 3 heterocycles. The number of hydrogen-bond acceptors (Lipinski definition) is 7. The summed E-state index contributed by atoms with van der Waals surface area (Å²) in [4.78, 5) is 16.6. The molecule has 2 aromatic heterocycles. The van der Waals surface area contributed by atoms with E-state index in [4.69, 9.17) is 24.4 Å². The van der Waals surface area contributed by atoms with E-state index in [-0.39, 0.29) is 17.9 Å². The summed E-state index contributed by atoms with van der Waals surface area (Å²) in [5, 5.41) is 5.46. The summed E-state index contributed by atoms with van der Waals surface area (Å²) in [5.74, 6) is 0.908. The van der Waals surface area contributed by atoms with Crippen LogP contribution in [0.15, 0.2) is 97.3 Å². The Morgan fingerprint density at radius 3 is 2.45 bits per heavy atom. The summed E-state index contributed by atoms with van der Waals surface area (Å²) in [6.45, 7) is 5.24. The molecule has 1 aliphatic rings. The minimum atomic E-state index is -0.277. The van der Waals surface area contributed by atoms with Crippen LogP contribution < -0.4 is 15.0 Å². The van der Waals surface area contributed by atoms with Gasteiger partial charge in [-0.05, 0) is 60.3 Å². The molecule has 4 aromatic carbocycles. The highest BCUT2D eigenvalue weighted by molar-refractivity contribution is 5.89. The first kappa shape index (κ1) is 25.9. The highest BCUT2D eigenvalue weighted by Crippen LogP contribution is 2.33. The van der Waals surface area contributed by atoms with Gasteiger partial charge in [0.05, 0.1) is 25.6 Å². The number of rotatable bonds is 7. The van der Waals surface area contributed by atoms with Crippen LogP contribution in [0.2, 0.25) is 0 Å². The van der Waals surface area contributed by atoms with Crippen molar-refractivity contribution in [1.82, 2.24) is 19.5 Å². The van der Waals surface area contributed by atoms with Crippen LogP contribution in [0, 0.1) is 5.82 Å². The summed E-state index contributed by atoms with van der Waals surface area (Å²) in [6.07, 6.45) is 1.74. The molecule has 1 saturated heterocycles. The van der Waals surface area contributed by atoms with E-state index in [2.05, 4.69) is 22.3 Å². The zero-order chi connectivity index (χ0) is 28.5. The number of morpholine rings is 1. The number of fused-ring (bicyclic) bond motifs is 2. The summed E-state index contributed by atoms with van der Waals surface area (Å²) in [7, 11) is 0. The largest absolute Gasteiger partial charge is 0.424 e. The maximum Gasteiger partial charge on any atom is 0.326 e. The molecule has 0 radical (unpaired) electrons. The first-order valence-electron chi connectivity index (χ1n) is 14.0. The molecule has 0 saturated carbocycles. The Bertz CT molecular complexity index is 1840. The number of halogens is 1. The van der Waals surface area contributed by atoms with E-state index >= 15 is 0 Å². The molecular weight excluding hydrogens is 531 g/mol. The van der Waals surface area contributed by atoms with Gasteiger partial charge in [-0.3, -0.25) is 0 Å². The molecule has 7 rings (SSSR count). The van der Waals surface area contributed by atoms with Crippen LogP contribution in [0.4, 0.5) is 21.6 Å². The fourth-order valence-corrected chi connectivity index (χ4v) is 5.31. The Morgan fingerprint density at radius 1 is 0.881 bits per heavy atom. The van der Waals surface area contributed by atoms with Gasteiger partial charge in [-0.1, -0.05) is 48.5 Å². The van der Waals surface area contributed by atoms with Crippen LogP contribution >= 0.6 is 0 Å². The molecule has 1 unspecified atom stereocenters. The molecule has 1 atom stereocenters. The second-order valence-corrected chi connectivity index (χ2v) is 10.3. The first-order valence-corrected chi connectivity index (χ1v) is 14.0. The van der Waals surface area contributed by atoms with E-state index in [0.717, 1.165) is 54.0 Å². The number of ether oxygens (including phenoxy) is 2. The molecule has 0 bridgehead atoms. The molecule has 9 heteroatoms. The average Bonchev–Trinajstić information content (AvgIpc) is 3.46. The van der Waals surface area contributed by atoms with Crippen LogP contribution in [0.3, 0.4) is 0 Å². The zero-order valence-corrected chi connectivity index (χ0v) is 23.1. The third-order valence-corrected chi connectivity index (χ3v) is 7.63. The maximum absolute atomic E-state index is 13.6. The van der Waals surface area contributed by atoms with Crippen molar-refractivity contribution < 1.29 is 13.9 Å². The van der Waals surface area contributed by atoms with Crippen LogP contribution in [0.25, 0.3) is 21.9 Å². The number of imidazole rings is 1. The molecule has 8 nitrogen and oxygen atoms in total. The van der Waals surface area contributed by atoms with Crippen molar-refractivity contribution in [3.05, 3.63) is 109 Å². The minimum absolute atomic E-state index is 0.156. The quantitative estimate of drug-likeness (QED) is 0.223. The molecule has 1 N–H and O–H groups in total. The highest BCUT2D eigenvalue weighted by Gasteiger charge is 2.20. The van der Waals surface area contributed by atoms with Crippen molar-refractivity contribution >= 4 is 39.1 Å². The fourth-order valence-electron chi connectivity index (χ4n) is 5.31. The van der Waals surface area contributed by atoms with Crippen molar-refractivity contribution in [2.45, 2.75) is 13.0 Å². The lowest BCUT2D eigenvalue weighted by molar-refractivity contribution is 0.122. The van der Waals surface area contributed by atoms with Gasteiger partial charge in [0.25, 0.3) is 0 Å². The first-order chi connectivity index (χ1) is 20.6. The van der Waals surface area contributed by atoms with Gasteiger partial charge in [-0.25, -0.2) is 9.37 Å². The molecule has 210 valence electrons. The van der Waals surface area contributed by atoms with E-state index in [0.29, 0.717) is 22.7 Å². The average molecular weight is 561 g/mol. The Hall–Kier alpha value is -5.02. The van der Waals surface area contributed by atoms with Crippen LogP contribution in [-0.2, 0) is 4.74 Å². The van der Waals surface area contributed by atoms with E-state index in [1.165, 1.54) is 12.1 Å². The second kappa shape index (κ2) is 11.1. The lowest BCUT2D eigenvalue weighted by Crippen LogP contribution is -2.36. The third-order valence-electron chi connectivity index (χ3n) is 7.63. The monoisotopic (exact) mass is 560 g/mol. The molecule has 1 fully saturated rings. The third kappa shape index (κ3) is 5.10. The number of hydrogen-bond donors (Lipinski definition) is 1. The van der Waals surface area contributed by atoms with E-state index in [9.17, 15) is 4.39 Å². The Morgan fingerprint density at radius 2 is 1.64 bits per heavy atom. The van der Waals surface area contributed by atoms with E-state index in [1.54, 1.807) is 18.5 Å². The second-order valence-electron chi connectivity index (χ2n) is 10.3. The number of nitrogens with zero attached hydrogens (tertiary/aromatic N) is 5. The smallest absolute Gasteiger partial charge is 0.326 e.